The number of nitrogens with one attached hydrogen (secondary N) is 1. The van der Waals surface area contributed by atoms with Gasteiger partial charge in [0.05, 0.1) is 12.8 Å². The summed E-state index contributed by atoms with van der Waals surface area (Å²) in [5, 5.41) is 13.0. The zero-order valence-electron chi connectivity index (χ0n) is 13.5. The van der Waals surface area contributed by atoms with E-state index in [0.29, 0.717) is 6.61 Å². The van der Waals surface area contributed by atoms with Crippen LogP contribution in [0.15, 0.2) is 36.7 Å². The lowest BCUT2D eigenvalue weighted by molar-refractivity contribution is 0.233. The third-order valence-electron chi connectivity index (χ3n) is 3.95. The van der Waals surface area contributed by atoms with Gasteiger partial charge in [-0.05, 0) is 42.3 Å². The zero-order valence-corrected chi connectivity index (χ0v) is 13.5. The Hall–Kier alpha value is -2.11. The molecule has 0 atom stereocenters. The van der Waals surface area contributed by atoms with E-state index in [9.17, 15) is 5.11 Å². The average molecular weight is 313 g/mol. The highest BCUT2D eigenvalue weighted by atomic mass is 16.5. The highest BCUT2D eigenvalue weighted by Gasteiger charge is 2.12. The minimum Gasteiger partial charge on any atom is -0.506 e. The lowest BCUT2D eigenvalue weighted by atomic mass is 10.0. The first-order chi connectivity index (χ1) is 11.2. The van der Waals surface area contributed by atoms with Gasteiger partial charge in [-0.15, -0.1) is 0 Å². The van der Waals surface area contributed by atoms with Crippen LogP contribution >= 0.6 is 0 Å². The second-order valence-corrected chi connectivity index (χ2v) is 5.76. The fourth-order valence-electron chi connectivity index (χ4n) is 2.88. The average Bonchev–Trinajstić information content (AvgIpc) is 2.56. The molecule has 3 rings (SSSR count). The Labute approximate surface area is 136 Å². The quantitative estimate of drug-likeness (QED) is 0.887. The van der Waals surface area contributed by atoms with Gasteiger partial charge in [-0.1, -0.05) is 0 Å². The van der Waals surface area contributed by atoms with Crippen molar-refractivity contribution < 1.29 is 9.84 Å². The molecular weight excluding hydrogens is 290 g/mol. The van der Waals surface area contributed by atoms with Crippen LogP contribution in [0.25, 0.3) is 11.1 Å². The summed E-state index contributed by atoms with van der Waals surface area (Å²) in [6.07, 6.45) is 3.21. The van der Waals surface area contributed by atoms with Crippen molar-refractivity contribution in [3.05, 3.63) is 42.2 Å². The van der Waals surface area contributed by atoms with E-state index >= 15 is 0 Å². The van der Waals surface area contributed by atoms with Crippen LogP contribution in [0.4, 0.5) is 0 Å². The Balaban J connectivity index is 1.89. The molecule has 0 unspecified atom stereocenters. The number of rotatable bonds is 5. The third kappa shape index (κ3) is 4.21. The van der Waals surface area contributed by atoms with Crippen molar-refractivity contribution >= 4 is 0 Å². The zero-order chi connectivity index (χ0) is 16.1. The maximum Gasteiger partial charge on any atom is 0.134 e. The molecule has 2 N–H and O–H groups in total. The van der Waals surface area contributed by atoms with Gasteiger partial charge in [0.1, 0.15) is 11.5 Å². The Morgan fingerprint density at radius 3 is 2.70 bits per heavy atom. The Morgan fingerprint density at radius 1 is 1.13 bits per heavy atom. The van der Waals surface area contributed by atoms with Crippen LogP contribution in [0.5, 0.6) is 11.5 Å². The lowest BCUT2D eigenvalue weighted by Gasteiger charge is -2.27. The number of benzene rings is 1. The van der Waals surface area contributed by atoms with Crippen LogP contribution in [0.2, 0.25) is 0 Å². The van der Waals surface area contributed by atoms with E-state index in [4.69, 9.17) is 4.74 Å². The van der Waals surface area contributed by atoms with Crippen LogP contribution in [0.3, 0.4) is 0 Å². The van der Waals surface area contributed by atoms with Gasteiger partial charge >= 0.3 is 0 Å². The molecule has 122 valence electrons. The summed E-state index contributed by atoms with van der Waals surface area (Å²) in [6, 6.07) is 7.99. The maximum atomic E-state index is 9.67. The fourth-order valence-corrected chi connectivity index (χ4v) is 2.88. The summed E-state index contributed by atoms with van der Waals surface area (Å²) < 4.78 is 5.71. The Morgan fingerprint density at radius 2 is 1.96 bits per heavy atom. The van der Waals surface area contributed by atoms with Gasteiger partial charge in [-0.25, -0.2) is 0 Å². The number of ether oxygens (including phenoxy) is 1. The van der Waals surface area contributed by atoms with Crippen LogP contribution in [-0.2, 0) is 6.54 Å². The van der Waals surface area contributed by atoms with Gasteiger partial charge in [-0.2, -0.15) is 0 Å². The molecule has 0 saturated carbocycles. The monoisotopic (exact) mass is 313 g/mol. The topological polar surface area (TPSA) is 57.6 Å². The Kier molecular flexibility index (Phi) is 5.10. The molecule has 23 heavy (non-hydrogen) atoms. The van der Waals surface area contributed by atoms with Crippen molar-refractivity contribution in [1.82, 2.24) is 15.2 Å². The van der Waals surface area contributed by atoms with E-state index in [1.165, 1.54) is 11.8 Å². The van der Waals surface area contributed by atoms with Gasteiger partial charge in [0.2, 0.25) is 0 Å². The summed E-state index contributed by atoms with van der Waals surface area (Å²) >= 11 is 0. The normalized spacial score (nSPS) is 15.5. The standard InChI is InChI=1S/C18H23N3O2/c1-2-23-18-8-14(13-21-5-3-19-4-6-21)7-15(10-18)16-9-17(22)12-20-11-16/h7-12,19,22H,2-6,13H2,1H3. The molecule has 2 heterocycles. The summed E-state index contributed by atoms with van der Waals surface area (Å²) in [5.41, 5.74) is 3.13. The molecule has 1 saturated heterocycles. The van der Waals surface area contributed by atoms with Gasteiger partial charge in [0, 0.05) is 44.5 Å². The SMILES string of the molecule is CCOc1cc(CN2CCNCC2)cc(-c2cncc(O)c2)c1. The molecule has 1 fully saturated rings. The lowest BCUT2D eigenvalue weighted by Crippen LogP contribution is -2.42. The summed E-state index contributed by atoms with van der Waals surface area (Å²) in [4.78, 5) is 6.51. The van der Waals surface area contributed by atoms with Crippen molar-refractivity contribution in [2.45, 2.75) is 13.5 Å². The maximum absolute atomic E-state index is 9.67. The van der Waals surface area contributed by atoms with Gasteiger partial charge in [0.15, 0.2) is 0 Å². The van der Waals surface area contributed by atoms with E-state index in [0.717, 1.165) is 49.6 Å². The first-order valence-corrected chi connectivity index (χ1v) is 8.09. The predicted octanol–water partition coefficient (Wildman–Crippen LogP) is 2.26. The summed E-state index contributed by atoms with van der Waals surface area (Å²) in [5.74, 6) is 1.03. The molecule has 0 aliphatic carbocycles. The number of aromatic nitrogens is 1. The molecule has 0 spiro atoms. The van der Waals surface area contributed by atoms with Crippen molar-refractivity contribution in [1.29, 1.82) is 0 Å². The molecule has 1 aromatic heterocycles. The molecule has 0 radical (unpaired) electrons. The number of pyridine rings is 1. The number of aromatic hydroxyl groups is 1. The molecule has 5 nitrogen and oxygen atoms in total. The van der Waals surface area contributed by atoms with E-state index in [2.05, 4.69) is 27.3 Å². The molecule has 0 amide bonds. The van der Waals surface area contributed by atoms with Crippen LogP contribution < -0.4 is 10.1 Å². The number of hydrogen-bond acceptors (Lipinski definition) is 5. The van der Waals surface area contributed by atoms with Gasteiger partial charge < -0.3 is 15.2 Å². The van der Waals surface area contributed by atoms with Crippen molar-refractivity contribution in [3.63, 3.8) is 0 Å². The highest BCUT2D eigenvalue weighted by Crippen LogP contribution is 2.28. The minimum atomic E-state index is 0.174. The van der Waals surface area contributed by atoms with Crippen LogP contribution in [-0.4, -0.2) is 47.8 Å². The minimum absolute atomic E-state index is 0.174. The van der Waals surface area contributed by atoms with Crippen molar-refractivity contribution in [3.8, 4) is 22.6 Å². The summed E-state index contributed by atoms with van der Waals surface area (Å²) in [7, 11) is 0. The number of hydrogen-bond donors (Lipinski definition) is 2. The molecule has 1 aliphatic heterocycles. The number of piperazine rings is 1. The van der Waals surface area contributed by atoms with E-state index in [-0.39, 0.29) is 5.75 Å². The van der Waals surface area contributed by atoms with Gasteiger partial charge in [0.25, 0.3) is 0 Å². The molecule has 1 aliphatic rings. The third-order valence-corrected chi connectivity index (χ3v) is 3.95. The molecule has 5 heteroatoms. The van der Waals surface area contributed by atoms with E-state index in [1.54, 1.807) is 12.3 Å². The van der Waals surface area contributed by atoms with Crippen molar-refractivity contribution in [2.24, 2.45) is 0 Å². The Bertz CT molecular complexity index is 654. The molecular formula is C18H23N3O2. The van der Waals surface area contributed by atoms with E-state index in [1.807, 2.05) is 13.0 Å². The van der Waals surface area contributed by atoms with Crippen LogP contribution in [0, 0.1) is 0 Å². The smallest absolute Gasteiger partial charge is 0.134 e. The van der Waals surface area contributed by atoms with Crippen molar-refractivity contribution in [2.75, 3.05) is 32.8 Å². The molecule has 2 aromatic rings. The first-order valence-electron chi connectivity index (χ1n) is 8.09. The number of nitrogens with zero attached hydrogens (tertiary/aromatic N) is 2. The van der Waals surface area contributed by atoms with Gasteiger partial charge in [-0.3, -0.25) is 9.88 Å². The largest absolute Gasteiger partial charge is 0.506 e. The first kappa shape index (κ1) is 15.8. The second kappa shape index (κ2) is 7.44. The summed E-state index contributed by atoms with van der Waals surface area (Å²) in [6.45, 7) is 7.71. The second-order valence-electron chi connectivity index (χ2n) is 5.76. The predicted molar refractivity (Wildman–Crippen MR) is 90.7 cm³/mol. The fraction of sp³-hybridized carbons (Fsp3) is 0.389. The van der Waals surface area contributed by atoms with E-state index < -0.39 is 0 Å². The molecule has 1 aromatic carbocycles. The highest BCUT2D eigenvalue weighted by molar-refractivity contribution is 5.66. The van der Waals surface area contributed by atoms with Crippen LogP contribution in [0.1, 0.15) is 12.5 Å². The molecule has 0 bridgehead atoms.